The average molecular weight is 333 g/mol. The SMILES string of the molecule is COc1ccc(S(=O)(=O)N(C)CC2CCCCN2)cc1Cl. The first-order valence-corrected chi connectivity index (χ1v) is 8.80. The van der Waals surface area contributed by atoms with Gasteiger partial charge in [0, 0.05) is 19.6 Å². The molecule has 7 heteroatoms. The van der Waals surface area contributed by atoms with Gasteiger partial charge in [-0.25, -0.2) is 8.42 Å². The quantitative estimate of drug-likeness (QED) is 0.897. The molecule has 1 aromatic rings. The minimum Gasteiger partial charge on any atom is -0.495 e. The molecule has 1 atom stereocenters. The largest absolute Gasteiger partial charge is 0.495 e. The maximum absolute atomic E-state index is 12.6. The van der Waals surface area contributed by atoms with Crippen LogP contribution in [0.15, 0.2) is 23.1 Å². The molecule has 1 heterocycles. The van der Waals surface area contributed by atoms with Gasteiger partial charge in [0.15, 0.2) is 0 Å². The summed E-state index contributed by atoms with van der Waals surface area (Å²) in [6, 6.07) is 4.74. The average Bonchev–Trinajstić information content (AvgIpc) is 2.48. The molecular formula is C14H21ClN2O3S. The highest BCUT2D eigenvalue weighted by molar-refractivity contribution is 7.89. The summed E-state index contributed by atoms with van der Waals surface area (Å²) in [5.41, 5.74) is 0. The monoisotopic (exact) mass is 332 g/mol. The van der Waals surface area contributed by atoms with Crippen molar-refractivity contribution in [3.05, 3.63) is 23.2 Å². The number of nitrogens with zero attached hydrogens (tertiary/aromatic N) is 1. The second-order valence-corrected chi connectivity index (χ2v) is 7.68. The second kappa shape index (κ2) is 6.96. The number of hydrogen-bond acceptors (Lipinski definition) is 4. The maximum atomic E-state index is 12.6. The van der Waals surface area contributed by atoms with E-state index in [-0.39, 0.29) is 10.9 Å². The van der Waals surface area contributed by atoms with E-state index in [9.17, 15) is 8.42 Å². The summed E-state index contributed by atoms with van der Waals surface area (Å²) < 4.78 is 31.5. The van der Waals surface area contributed by atoms with Crippen molar-refractivity contribution in [2.75, 3.05) is 27.2 Å². The third-order valence-electron chi connectivity index (χ3n) is 3.72. The van der Waals surface area contributed by atoms with Gasteiger partial charge in [0.05, 0.1) is 17.0 Å². The molecular weight excluding hydrogens is 312 g/mol. The molecule has 0 spiro atoms. The molecule has 1 aromatic carbocycles. The molecule has 1 aliphatic heterocycles. The van der Waals surface area contributed by atoms with Crippen LogP contribution in [0.3, 0.4) is 0 Å². The number of methoxy groups -OCH3 is 1. The zero-order valence-corrected chi connectivity index (χ0v) is 13.9. The van der Waals surface area contributed by atoms with Crippen LogP contribution >= 0.6 is 11.6 Å². The number of benzene rings is 1. The summed E-state index contributed by atoms with van der Waals surface area (Å²) in [6.45, 7) is 1.42. The van der Waals surface area contributed by atoms with Crippen molar-refractivity contribution in [2.45, 2.75) is 30.2 Å². The summed E-state index contributed by atoms with van der Waals surface area (Å²) in [4.78, 5) is 0.187. The van der Waals surface area contributed by atoms with Gasteiger partial charge >= 0.3 is 0 Å². The predicted molar refractivity (Wildman–Crippen MR) is 83.5 cm³/mol. The highest BCUT2D eigenvalue weighted by Crippen LogP contribution is 2.28. The number of piperidine rings is 1. The number of nitrogens with one attached hydrogen (secondary N) is 1. The van der Waals surface area contributed by atoms with Crippen LogP contribution < -0.4 is 10.1 Å². The Morgan fingerprint density at radius 1 is 1.43 bits per heavy atom. The fraction of sp³-hybridized carbons (Fsp3) is 0.571. The molecule has 0 radical (unpaired) electrons. The summed E-state index contributed by atoms with van der Waals surface area (Å²) in [5, 5.41) is 3.65. The second-order valence-electron chi connectivity index (χ2n) is 5.23. The van der Waals surface area contributed by atoms with Gasteiger partial charge in [-0.1, -0.05) is 18.0 Å². The van der Waals surface area contributed by atoms with Crippen LogP contribution in [0.25, 0.3) is 0 Å². The van der Waals surface area contributed by atoms with E-state index >= 15 is 0 Å². The first kappa shape index (κ1) is 16.5. The molecule has 118 valence electrons. The molecule has 0 aliphatic carbocycles. The van der Waals surface area contributed by atoms with Crippen LogP contribution in [0.5, 0.6) is 5.75 Å². The summed E-state index contributed by atoms with van der Waals surface area (Å²) in [5.74, 6) is 0.465. The Morgan fingerprint density at radius 2 is 2.19 bits per heavy atom. The first-order chi connectivity index (χ1) is 9.95. The zero-order chi connectivity index (χ0) is 15.5. The van der Waals surface area contributed by atoms with Gasteiger partial charge < -0.3 is 10.1 Å². The summed E-state index contributed by atoms with van der Waals surface area (Å²) >= 11 is 6.01. The van der Waals surface area contributed by atoms with Crippen LogP contribution in [-0.2, 0) is 10.0 Å². The number of halogens is 1. The molecule has 5 nitrogen and oxygen atoms in total. The van der Waals surface area contributed by atoms with Crippen LogP contribution in [0.1, 0.15) is 19.3 Å². The zero-order valence-electron chi connectivity index (χ0n) is 12.3. The van der Waals surface area contributed by atoms with E-state index in [1.165, 1.54) is 23.5 Å². The standard InChI is InChI=1S/C14H21ClN2O3S/c1-17(10-11-5-3-4-8-16-11)21(18,19)12-6-7-14(20-2)13(15)9-12/h6-7,9,11,16H,3-5,8,10H2,1-2H3. The Balaban J connectivity index is 2.14. The van der Waals surface area contributed by atoms with Crippen LogP contribution in [-0.4, -0.2) is 46.0 Å². The Morgan fingerprint density at radius 3 is 2.76 bits per heavy atom. The summed E-state index contributed by atoms with van der Waals surface area (Å²) in [6.07, 6.45) is 3.30. The van der Waals surface area contributed by atoms with E-state index < -0.39 is 10.0 Å². The van der Waals surface area contributed by atoms with Gasteiger partial charge in [0.25, 0.3) is 0 Å². The van der Waals surface area contributed by atoms with Gasteiger partial charge in [-0.2, -0.15) is 4.31 Å². The van der Waals surface area contributed by atoms with Crippen molar-refractivity contribution < 1.29 is 13.2 Å². The molecule has 1 saturated heterocycles. The molecule has 2 rings (SSSR count). The number of likely N-dealkylation sites (N-methyl/N-ethyl adjacent to an activating group) is 1. The molecule has 0 amide bonds. The van der Waals surface area contributed by atoms with E-state index in [0.29, 0.717) is 17.3 Å². The van der Waals surface area contributed by atoms with E-state index in [2.05, 4.69) is 5.32 Å². The van der Waals surface area contributed by atoms with Crippen molar-refractivity contribution in [3.8, 4) is 5.75 Å². The molecule has 21 heavy (non-hydrogen) atoms. The molecule has 1 unspecified atom stereocenters. The summed E-state index contributed by atoms with van der Waals surface area (Å²) in [7, 11) is -0.435. The maximum Gasteiger partial charge on any atom is 0.242 e. The fourth-order valence-electron chi connectivity index (χ4n) is 2.48. The van der Waals surface area contributed by atoms with Gasteiger partial charge in [-0.15, -0.1) is 0 Å². The molecule has 1 N–H and O–H groups in total. The minimum absolute atomic E-state index is 0.187. The van der Waals surface area contributed by atoms with Crippen molar-refractivity contribution in [2.24, 2.45) is 0 Å². The predicted octanol–water partition coefficient (Wildman–Crippen LogP) is 2.11. The smallest absolute Gasteiger partial charge is 0.242 e. The van der Waals surface area contributed by atoms with E-state index in [4.69, 9.17) is 16.3 Å². The third kappa shape index (κ3) is 3.88. The highest BCUT2D eigenvalue weighted by Gasteiger charge is 2.25. The lowest BCUT2D eigenvalue weighted by Gasteiger charge is -2.27. The number of hydrogen-bond donors (Lipinski definition) is 1. The fourth-order valence-corrected chi connectivity index (χ4v) is 4.04. The number of sulfonamides is 1. The Kier molecular flexibility index (Phi) is 5.48. The van der Waals surface area contributed by atoms with Crippen LogP contribution in [0, 0.1) is 0 Å². The number of rotatable bonds is 5. The lowest BCUT2D eigenvalue weighted by Crippen LogP contribution is -2.44. The molecule has 0 bridgehead atoms. The van der Waals surface area contributed by atoms with Crippen molar-refractivity contribution in [1.82, 2.24) is 9.62 Å². The van der Waals surface area contributed by atoms with Gasteiger partial charge in [-0.3, -0.25) is 0 Å². The van der Waals surface area contributed by atoms with Gasteiger partial charge in [-0.05, 0) is 37.6 Å². The van der Waals surface area contributed by atoms with E-state index in [1.807, 2.05) is 0 Å². The number of ether oxygens (including phenoxy) is 1. The van der Waals surface area contributed by atoms with E-state index in [0.717, 1.165) is 25.8 Å². The lowest BCUT2D eigenvalue weighted by molar-refractivity contribution is 0.337. The van der Waals surface area contributed by atoms with Crippen molar-refractivity contribution in [3.63, 3.8) is 0 Å². The molecule has 1 aliphatic rings. The van der Waals surface area contributed by atoms with Crippen molar-refractivity contribution >= 4 is 21.6 Å². The Hall–Kier alpha value is -0.820. The molecule has 1 fully saturated rings. The van der Waals surface area contributed by atoms with Crippen molar-refractivity contribution in [1.29, 1.82) is 0 Å². The lowest BCUT2D eigenvalue weighted by atomic mass is 10.1. The normalized spacial score (nSPS) is 19.7. The Labute approximate surface area is 131 Å². The first-order valence-electron chi connectivity index (χ1n) is 6.98. The topological polar surface area (TPSA) is 58.6 Å². The van der Waals surface area contributed by atoms with Crippen LogP contribution in [0.4, 0.5) is 0 Å². The van der Waals surface area contributed by atoms with Crippen LogP contribution in [0.2, 0.25) is 5.02 Å². The minimum atomic E-state index is -3.53. The molecule has 0 aromatic heterocycles. The highest BCUT2D eigenvalue weighted by atomic mass is 35.5. The third-order valence-corrected chi connectivity index (χ3v) is 5.84. The molecule has 0 saturated carbocycles. The van der Waals surface area contributed by atoms with E-state index in [1.54, 1.807) is 13.1 Å². The van der Waals surface area contributed by atoms with Gasteiger partial charge in [0.2, 0.25) is 10.0 Å². The Bertz CT molecular complexity index is 586. The van der Waals surface area contributed by atoms with Gasteiger partial charge in [0.1, 0.15) is 5.75 Å².